The van der Waals surface area contributed by atoms with Crippen molar-refractivity contribution in [3.63, 3.8) is 0 Å². The first-order valence-electron chi connectivity index (χ1n) is 7.76. The molecule has 1 heterocycles. The van der Waals surface area contributed by atoms with Crippen LogP contribution in [0.15, 0.2) is 4.99 Å². The molecule has 0 amide bonds. The molecule has 1 aliphatic heterocycles. The van der Waals surface area contributed by atoms with Crippen molar-refractivity contribution in [1.29, 1.82) is 0 Å². The Balaban J connectivity index is 2.23. The number of carbonyl (C=O) groups excluding carboxylic acids is 2. The molecule has 0 unspecified atom stereocenters. The van der Waals surface area contributed by atoms with Gasteiger partial charge >= 0.3 is 17.9 Å². The highest BCUT2D eigenvalue weighted by Crippen LogP contribution is 2.08. The molecule has 0 saturated heterocycles. The van der Waals surface area contributed by atoms with Crippen LogP contribution in [-0.4, -0.2) is 53.4 Å². The SMILES string of the molecule is CCCCCCCC(=O)OC(=O)CN1CCN=C1CC(=O)O. The van der Waals surface area contributed by atoms with Crippen molar-refractivity contribution < 1.29 is 24.2 Å². The van der Waals surface area contributed by atoms with E-state index in [1.807, 2.05) is 0 Å². The quantitative estimate of drug-likeness (QED) is 0.374. The maximum atomic E-state index is 11.7. The lowest BCUT2D eigenvalue weighted by molar-refractivity contribution is -0.160. The summed E-state index contributed by atoms with van der Waals surface area (Å²) in [6, 6.07) is 0. The second-order valence-corrected chi connectivity index (χ2v) is 5.30. The Labute approximate surface area is 130 Å². The minimum atomic E-state index is -0.998. The van der Waals surface area contributed by atoms with Crippen molar-refractivity contribution in [3.05, 3.63) is 0 Å². The molecule has 0 atom stereocenters. The van der Waals surface area contributed by atoms with Crippen LogP contribution in [0, 0.1) is 0 Å². The van der Waals surface area contributed by atoms with E-state index in [1.165, 1.54) is 0 Å². The molecule has 7 nitrogen and oxygen atoms in total. The van der Waals surface area contributed by atoms with Gasteiger partial charge in [0.25, 0.3) is 0 Å². The summed E-state index contributed by atoms with van der Waals surface area (Å²) in [4.78, 5) is 39.5. The molecule has 0 fully saturated rings. The molecule has 1 aliphatic rings. The van der Waals surface area contributed by atoms with E-state index in [1.54, 1.807) is 4.90 Å². The van der Waals surface area contributed by atoms with E-state index >= 15 is 0 Å². The fourth-order valence-electron chi connectivity index (χ4n) is 2.24. The first-order chi connectivity index (χ1) is 10.5. The molecule has 0 radical (unpaired) electrons. The van der Waals surface area contributed by atoms with Crippen LogP contribution in [-0.2, 0) is 19.1 Å². The van der Waals surface area contributed by atoms with Gasteiger partial charge in [0.2, 0.25) is 0 Å². The molecule has 1 rings (SSSR count). The van der Waals surface area contributed by atoms with Crippen LogP contribution in [0.25, 0.3) is 0 Å². The van der Waals surface area contributed by atoms with E-state index in [9.17, 15) is 14.4 Å². The molecule has 0 aromatic rings. The van der Waals surface area contributed by atoms with Crippen LogP contribution < -0.4 is 0 Å². The fourth-order valence-corrected chi connectivity index (χ4v) is 2.24. The summed E-state index contributed by atoms with van der Waals surface area (Å²) in [6.45, 7) is 2.92. The molecular formula is C15H24N2O5. The normalized spacial score (nSPS) is 13.9. The smallest absolute Gasteiger partial charge is 0.333 e. The van der Waals surface area contributed by atoms with Gasteiger partial charge in [-0.25, -0.2) is 4.79 Å². The minimum Gasteiger partial charge on any atom is -0.481 e. The van der Waals surface area contributed by atoms with Crippen molar-refractivity contribution in [2.75, 3.05) is 19.6 Å². The van der Waals surface area contributed by atoms with E-state index in [4.69, 9.17) is 9.84 Å². The molecule has 0 aromatic heterocycles. The Morgan fingerprint density at radius 2 is 1.91 bits per heavy atom. The molecule has 22 heavy (non-hydrogen) atoms. The molecule has 0 aliphatic carbocycles. The standard InChI is InChI=1S/C15H24N2O5/c1-2-3-4-5-6-7-14(20)22-15(21)11-17-9-8-16-12(17)10-13(18)19/h2-11H2,1H3,(H,18,19). The zero-order valence-electron chi connectivity index (χ0n) is 13.0. The van der Waals surface area contributed by atoms with Crippen molar-refractivity contribution in [1.82, 2.24) is 4.90 Å². The fraction of sp³-hybridized carbons (Fsp3) is 0.733. The zero-order valence-corrected chi connectivity index (χ0v) is 13.0. The molecule has 1 N–H and O–H groups in total. The number of unbranched alkanes of at least 4 members (excludes halogenated alkanes) is 4. The highest BCUT2D eigenvalue weighted by molar-refractivity contribution is 5.99. The predicted molar refractivity (Wildman–Crippen MR) is 80.6 cm³/mol. The summed E-state index contributed by atoms with van der Waals surface area (Å²) < 4.78 is 4.75. The largest absolute Gasteiger partial charge is 0.481 e. The average molecular weight is 312 g/mol. The number of rotatable bonds is 10. The molecule has 124 valence electrons. The van der Waals surface area contributed by atoms with Gasteiger partial charge in [0.1, 0.15) is 18.8 Å². The number of amidine groups is 1. The summed E-state index contributed by atoms with van der Waals surface area (Å²) in [5.41, 5.74) is 0. The Bertz CT molecular complexity index is 434. The van der Waals surface area contributed by atoms with Gasteiger partial charge in [-0.3, -0.25) is 14.6 Å². The highest BCUT2D eigenvalue weighted by atomic mass is 16.6. The van der Waals surface area contributed by atoms with Crippen LogP contribution in [0.5, 0.6) is 0 Å². The van der Waals surface area contributed by atoms with Gasteiger partial charge in [-0.1, -0.05) is 32.6 Å². The van der Waals surface area contributed by atoms with Crippen molar-refractivity contribution >= 4 is 23.7 Å². The van der Waals surface area contributed by atoms with Crippen LogP contribution in [0.2, 0.25) is 0 Å². The summed E-state index contributed by atoms with van der Waals surface area (Å²) in [6.07, 6.45) is 5.07. The predicted octanol–water partition coefficient (Wildman–Crippen LogP) is 1.61. The van der Waals surface area contributed by atoms with Crippen molar-refractivity contribution in [3.8, 4) is 0 Å². The Morgan fingerprint density at radius 3 is 2.59 bits per heavy atom. The summed E-state index contributed by atoms with van der Waals surface area (Å²) in [5, 5.41) is 8.75. The first kappa shape index (κ1) is 18.1. The van der Waals surface area contributed by atoms with E-state index in [0.717, 1.165) is 32.1 Å². The van der Waals surface area contributed by atoms with E-state index < -0.39 is 17.9 Å². The highest BCUT2D eigenvalue weighted by Gasteiger charge is 2.23. The molecule has 0 bridgehead atoms. The maximum Gasteiger partial charge on any atom is 0.333 e. The molecular weight excluding hydrogens is 288 g/mol. The number of nitrogens with zero attached hydrogens (tertiary/aromatic N) is 2. The third-order valence-corrected chi connectivity index (χ3v) is 3.37. The average Bonchev–Trinajstić information content (AvgIpc) is 2.84. The summed E-state index contributed by atoms with van der Waals surface area (Å²) in [5.74, 6) is -1.81. The van der Waals surface area contributed by atoms with E-state index in [2.05, 4.69) is 11.9 Å². The van der Waals surface area contributed by atoms with E-state index in [0.29, 0.717) is 18.9 Å². The van der Waals surface area contributed by atoms with Crippen LogP contribution in [0.1, 0.15) is 51.9 Å². The first-order valence-corrected chi connectivity index (χ1v) is 7.76. The number of hydrogen-bond donors (Lipinski definition) is 1. The lowest BCUT2D eigenvalue weighted by atomic mass is 10.1. The number of aliphatic carboxylic acids is 1. The summed E-state index contributed by atoms with van der Waals surface area (Å²) in [7, 11) is 0. The number of ether oxygens (including phenoxy) is 1. The minimum absolute atomic E-state index is 0.131. The second-order valence-electron chi connectivity index (χ2n) is 5.30. The maximum absolute atomic E-state index is 11.7. The van der Waals surface area contributed by atoms with Crippen molar-refractivity contribution in [2.45, 2.75) is 51.9 Å². The Kier molecular flexibility index (Phi) is 8.17. The van der Waals surface area contributed by atoms with Gasteiger partial charge in [0, 0.05) is 13.0 Å². The number of esters is 2. The second kappa shape index (κ2) is 9.92. The van der Waals surface area contributed by atoms with E-state index in [-0.39, 0.29) is 19.4 Å². The van der Waals surface area contributed by atoms with Crippen LogP contribution in [0.4, 0.5) is 0 Å². The van der Waals surface area contributed by atoms with Gasteiger partial charge in [-0.05, 0) is 6.42 Å². The van der Waals surface area contributed by atoms with Gasteiger partial charge in [0.15, 0.2) is 0 Å². The monoisotopic (exact) mass is 312 g/mol. The van der Waals surface area contributed by atoms with Crippen molar-refractivity contribution in [2.24, 2.45) is 4.99 Å². The summed E-state index contributed by atoms with van der Waals surface area (Å²) >= 11 is 0. The molecule has 0 spiro atoms. The van der Waals surface area contributed by atoms with Gasteiger partial charge in [-0.2, -0.15) is 0 Å². The van der Waals surface area contributed by atoms with Gasteiger partial charge < -0.3 is 14.7 Å². The third-order valence-electron chi connectivity index (χ3n) is 3.37. The lowest BCUT2D eigenvalue weighted by Gasteiger charge is -2.17. The lowest BCUT2D eigenvalue weighted by Crippen LogP contribution is -2.35. The zero-order chi connectivity index (χ0) is 16.4. The molecule has 0 saturated carbocycles. The Hall–Kier alpha value is -1.92. The van der Waals surface area contributed by atoms with Crippen LogP contribution in [0.3, 0.4) is 0 Å². The topological polar surface area (TPSA) is 96.3 Å². The van der Waals surface area contributed by atoms with Gasteiger partial charge in [-0.15, -0.1) is 0 Å². The van der Waals surface area contributed by atoms with Crippen LogP contribution >= 0.6 is 0 Å². The Morgan fingerprint density at radius 1 is 1.18 bits per heavy atom. The van der Waals surface area contributed by atoms with Gasteiger partial charge in [0.05, 0.1) is 6.54 Å². The molecule has 0 aromatic carbocycles. The number of carboxylic acid groups (broad SMARTS) is 1. The molecule has 7 heteroatoms. The number of hydrogen-bond acceptors (Lipinski definition) is 6. The number of carboxylic acids is 1. The number of carbonyl (C=O) groups is 3. The number of aliphatic imine (C=N–C) groups is 1. The third kappa shape index (κ3) is 7.19.